The first kappa shape index (κ1) is 14.6. The van der Waals surface area contributed by atoms with E-state index in [4.69, 9.17) is 5.73 Å². The van der Waals surface area contributed by atoms with Crippen LogP contribution in [0.5, 0.6) is 0 Å². The lowest BCUT2D eigenvalue weighted by molar-refractivity contribution is -0.121. The molecule has 0 bridgehead atoms. The van der Waals surface area contributed by atoms with Gasteiger partial charge in [0, 0.05) is 5.92 Å². The van der Waals surface area contributed by atoms with Crippen molar-refractivity contribution < 1.29 is 4.79 Å². The second kappa shape index (κ2) is 6.19. The number of hydrogen-bond donors (Lipinski definition) is 2. The molecule has 1 amide bonds. The highest BCUT2D eigenvalue weighted by Gasteiger charge is 2.24. The second-order valence-corrected chi connectivity index (χ2v) is 5.78. The van der Waals surface area contributed by atoms with Crippen LogP contribution in [0.2, 0.25) is 0 Å². The molecule has 2 aromatic rings. The molecule has 2 heterocycles. The molecule has 1 aromatic heterocycles. The Morgan fingerprint density at radius 3 is 2.64 bits per heavy atom. The van der Waals surface area contributed by atoms with Crippen molar-refractivity contribution in [2.45, 2.75) is 12.8 Å². The van der Waals surface area contributed by atoms with Crippen LogP contribution in [0.25, 0.3) is 5.69 Å². The molecule has 1 aliphatic rings. The monoisotopic (exact) mass is 299 g/mol. The molecule has 1 aliphatic heterocycles. The van der Waals surface area contributed by atoms with E-state index in [1.807, 2.05) is 30.3 Å². The first-order valence-corrected chi connectivity index (χ1v) is 7.53. The maximum atomic E-state index is 12.3. The van der Waals surface area contributed by atoms with Crippen LogP contribution in [0, 0.1) is 5.92 Å². The second-order valence-electron chi connectivity index (χ2n) is 5.78. The van der Waals surface area contributed by atoms with E-state index in [9.17, 15) is 4.79 Å². The average molecular weight is 299 g/mol. The fourth-order valence-electron chi connectivity index (χ4n) is 2.69. The fraction of sp³-hybridized carbons (Fsp3) is 0.375. The highest BCUT2D eigenvalue weighted by molar-refractivity contribution is 5.94. The zero-order valence-corrected chi connectivity index (χ0v) is 12.7. The number of nitrogen functional groups attached to an aromatic ring is 1. The van der Waals surface area contributed by atoms with Crippen molar-refractivity contribution in [3.63, 3.8) is 0 Å². The molecule has 0 radical (unpaired) electrons. The standard InChI is InChI=1S/C16H21N5O/c1-20-9-7-12(8-10-20)16(22)18-15-14(17)11-21(19-15)13-5-3-2-4-6-13/h2-6,11-12H,7-10,17H2,1H3,(H,18,19,22). The third-order valence-corrected chi connectivity index (χ3v) is 4.09. The maximum absolute atomic E-state index is 12.3. The number of hydrogen-bond acceptors (Lipinski definition) is 4. The summed E-state index contributed by atoms with van der Waals surface area (Å²) in [4.78, 5) is 14.6. The molecule has 1 fully saturated rings. The first-order chi connectivity index (χ1) is 10.6. The largest absolute Gasteiger partial charge is 0.394 e. The Balaban J connectivity index is 1.70. The van der Waals surface area contributed by atoms with E-state index in [0.29, 0.717) is 11.5 Å². The predicted molar refractivity (Wildman–Crippen MR) is 86.8 cm³/mol. The molecule has 6 heteroatoms. The SMILES string of the molecule is CN1CCC(C(=O)Nc2nn(-c3ccccc3)cc2N)CC1. The highest BCUT2D eigenvalue weighted by atomic mass is 16.2. The summed E-state index contributed by atoms with van der Waals surface area (Å²) in [7, 11) is 2.08. The first-order valence-electron chi connectivity index (χ1n) is 7.53. The van der Waals surface area contributed by atoms with E-state index in [2.05, 4.69) is 22.4 Å². The molecular formula is C16H21N5O. The van der Waals surface area contributed by atoms with Crippen LogP contribution in [0.3, 0.4) is 0 Å². The Hall–Kier alpha value is -2.34. The number of rotatable bonds is 3. The van der Waals surface area contributed by atoms with Gasteiger partial charge in [-0.1, -0.05) is 18.2 Å². The summed E-state index contributed by atoms with van der Waals surface area (Å²) in [6, 6.07) is 9.69. The van der Waals surface area contributed by atoms with Crippen LogP contribution in [0.1, 0.15) is 12.8 Å². The van der Waals surface area contributed by atoms with Gasteiger partial charge in [-0.3, -0.25) is 4.79 Å². The molecule has 3 N–H and O–H groups in total. The summed E-state index contributed by atoms with van der Waals surface area (Å²) >= 11 is 0. The normalized spacial score (nSPS) is 16.6. The molecule has 0 atom stereocenters. The Bertz CT molecular complexity index is 644. The lowest BCUT2D eigenvalue weighted by Crippen LogP contribution is -2.36. The quantitative estimate of drug-likeness (QED) is 0.905. The van der Waals surface area contributed by atoms with Crippen LogP contribution in [0.4, 0.5) is 11.5 Å². The highest BCUT2D eigenvalue weighted by Crippen LogP contribution is 2.22. The van der Waals surface area contributed by atoms with Gasteiger partial charge < -0.3 is 16.0 Å². The Morgan fingerprint density at radius 2 is 1.95 bits per heavy atom. The van der Waals surface area contributed by atoms with Gasteiger partial charge in [0.15, 0.2) is 5.82 Å². The molecule has 6 nitrogen and oxygen atoms in total. The van der Waals surface area contributed by atoms with Gasteiger partial charge in [0.1, 0.15) is 0 Å². The van der Waals surface area contributed by atoms with Crippen molar-refractivity contribution in [2.24, 2.45) is 5.92 Å². The van der Waals surface area contributed by atoms with Crippen molar-refractivity contribution in [1.82, 2.24) is 14.7 Å². The minimum absolute atomic E-state index is 0.0121. The van der Waals surface area contributed by atoms with E-state index in [0.717, 1.165) is 31.6 Å². The van der Waals surface area contributed by atoms with Gasteiger partial charge in [0.2, 0.25) is 5.91 Å². The Morgan fingerprint density at radius 1 is 1.27 bits per heavy atom. The molecule has 0 aliphatic carbocycles. The number of carbonyl (C=O) groups excluding carboxylic acids is 1. The number of piperidine rings is 1. The number of nitrogens with one attached hydrogen (secondary N) is 1. The number of likely N-dealkylation sites (tertiary alicyclic amines) is 1. The van der Waals surface area contributed by atoms with Gasteiger partial charge in [-0.2, -0.15) is 0 Å². The molecule has 116 valence electrons. The van der Waals surface area contributed by atoms with Gasteiger partial charge in [-0.25, -0.2) is 4.68 Å². The molecule has 1 aromatic carbocycles. The number of nitrogens with zero attached hydrogens (tertiary/aromatic N) is 3. The minimum Gasteiger partial charge on any atom is -0.394 e. The number of nitrogens with two attached hydrogens (primary N) is 1. The molecule has 22 heavy (non-hydrogen) atoms. The maximum Gasteiger partial charge on any atom is 0.228 e. The predicted octanol–water partition coefficient (Wildman–Crippen LogP) is 1.73. The van der Waals surface area contributed by atoms with Gasteiger partial charge in [0.05, 0.1) is 17.6 Å². The zero-order valence-electron chi connectivity index (χ0n) is 12.7. The smallest absolute Gasteiger partial charge is 0.228 e. The molecular weight excluding hydrogens is 278 g/mol. The van der Waals surface area contributed by atoms with E-state index in [1.165, 1.54) is 0 Å². The third-order valence-electron chi connectivity index (χ3n) is 4.09. The lowest BCUT2D eigenvalue weighted by Gasteiger charge is -2.27. The zero-order chi connectivity index (χ0) is 15.5. The topological polar surface area (TPSA) is 76.2 Å². The van der Waals surface area contributed by atoms with Crippen LogP contribution >= 0.6 is 0 Å². The molecule has 0 saturated carbocycles. The van der Waals surface area contributed by atoms with E-state index < -0.39 is 0 Å². The van der Waals surface area contributed by atoms with Crippen molar-refractivity contribution >= 4 is 17.4 Å². The Labute approximate surface area is 129 Å². The Kier molecular flexibility index (Phi) is 4.11. The lowest BCUT2D eigenvalue weighted by atomic mass is 9.96. The van der Waals surface area contributed by atoms with Gasteiger partial charge in [-0.15, -0.1) is 5.10 Å². The number of carbonyl (C=O) groups is 1. The number of aromatic nitrogens is 2. The summed E-state index contributed by atoms with van der Waals surface area (Å²) in [5, 5.41) is 7.25. The van der Waals surface area contributed by atoms with Crippen LogP contribution in [-0.4, -0.2) is 40.7 Å². The van der Waals surface area contributed by atoms with Crippen LogP contribution < -0.4 is 11.1 Å². The summed E-state index contributed by atoms with van der Waals surface area (Å²) in [5.74, 6) is 0.489. The summed E-state index contributed by atoms with van der Waals surface area (Å²) < 4.78 is 1.68. The summed E-state index contributed by atoms with van der Waals surface area (Å²) in [5.41, 5.74) is 7.36. The number of amides is 1. The molecule has 3 rings (SSSR count). The number of para-hydroxylation sites is 1. The molecule has 0 spiro atoms. The van der Waals surface area contributed by atoms with Crippen molar-refractivity contribution in [3.05, 3.63) is 36.5 Å². The van der Waals surface area contributed by atoms with Gasteiger partial charge in [-0.05, 0) is 45.1 Å². The number of anilines is 2. The van der Waals surface area contributed by atoms with E-state index in [1.54, 1.807) is 10.9 Å². The average Bonchev–Trinajstić information content (AvgIpc) is 2.90. The minimum atomic E-state index is 0.0121. The summed E-state index contributed by atoms with van der Waals surface area (Å²) in [6.45, 7) is 1.90. The van der Waals surface area contributed by atoms with Crippen molar-refractivity contribution in [2.75, 3.05) is 31.2 Å². The van der Waals surface area contributed by atoms with Crippen LogP contribution in [-0.2, 0) is 4.79 Å². The third kappa shape index (κ3) is 3.12. The van der Waals surface area contributed by atoms with E-state index in [-0.39, 0.29) is 11.8 Å². The molecule has 0 unspecified atom stereocenters. The molecule has 1 saturated heterocycles. The van der Waals surface area contributed by atoms with Crippen LogP contribution in [0.15, 0.2) is 36.5 Å². The van der Waals surface area contributed by atoms with Gasteiger partial charge >= 0.3 is 0 Å². The fourth-order valence-corrected chi connectivity index (χ4v) is 2.69. The van der Waals surface area contributed by atoms with Crippen molar-refractivity contribution in [3.8, 4) is 5.69 Å². The number of benzene rings is 1. The summed E-state index contributed by atoms with van der Waals surface area (Å²) in [6.07, 6.45) is 3.48. The van der Waals surface area contributed by atoms with Crippen molar-refractivity contribution in [1.29, 1.82) is 0 Å². The van der Waals surface area contributed by atoms with Gasteiger partial charge in [0.25, 0.3) is 0 Å². The van der Waals surface area contributed by atoms with E-state index >= 15 is 0 Å².